The van der Waals surface area contributed by atoms with Crippen molar-refractivity contribution >= 4 is 25.8 Å². The molecule has 17 heavy (non-hydrogen) atoms. The fourth-order valence-corrected chi connectivity index (χ4v) is 4.80. The third kappa shape index (κ3) is 5.99. The summed E-state index contributed by atoms with van der Waals surface area (Å²) >= 11 is 0. The third-order valence-corrected chi connectivity index (χ3v) is 5.90. The molecular weight excluding hydrogens is 270 g/mol. The summed E-state index contributed by atoms with van der Waals surface area (Å²) < 4.78 is 46.9. The van der Waals surface area contributed by atoms with Crippen molar-refractivity contribution < 1.29 is 26.7 Å². The van der Waals surface area contributed by atoms with E-state index in [1.54, 1.807) is 0 Å². The number of hydrogen-bond acceptors (Lipinski definition) is 5. The minimum absolute atomic E-state index is 0.000403. The van der Waals surface area contributed by atoms with Crippen molar-refractivity contribution in [3.05, 3.63) is 0 Å². The number of hydrogen-bond donors (Lipinski definition) is 2. The highest BCUT2D eigenvalue weighted by atomic mass is 32.3. The topological polar surface area (TPSA) is 118 Å². The lowest BCUT2D eigenvalue weighted by Gasteiger charge is -2.15. The highest BCUT2D eigenvalue weighted by Gasteiger charge is 2.35. The van der Waals surface area contributed by atoms with Gasteiger partial charge in [0.05, 0.1) is 6.42 Å². The Labute approximate surface area is 100 Å². The number of sulfonamides is 1. The molecule has 1 atom stereocenters. The summed E-state index contributed by atoms with van der Waals surface area (Å²) in [5.41, 5.74) is 0. The van der Waals surface area contributed by atoms with Crippen molar-refractivity contribution in [3.63, 3.8) is 0 Å². The van der Waals surface area contributed by atoms with Crippen LogP contribution in [0.4, 0.5) is 0 Å². The summed E-state index contributed by atoms with van der Waals surface area (Å²) in [5, 5.41) is 7.63. The minimum Gasteiger partial charge on any atom is -0.481 e. The van der Waals surface area contributed by atoms with Gasteiger partial charge < -0.3 is 5.11 Å². The highest BCUT2D eigenvalue weighted by Crippen LogP contribution is 2.34. The van der Waals surface area contributed by atoms with Gasteiger partial charge in [0.15, 0.2) is 14.9 Å². The first-order valence-corrected chi connectivity index (χ1v) is 8.70. The molecule has 1 aliphatic carbocycles. The van der Waals surface area contributed by atoms with Crippen molar-refractivity contribution in [2.45, 2.75) is 25.3 Å². The van der Waals surface area contributed by atoms with E-state index in [0.717, 1.165) is 19.1 Å². The summed E-state index contributed by atoms with van der Waals surface area (Å²) in [6.45, 7) is 0. The van der Waals surface area contributed by atoms with Gasteiger partial charge in [0.1, 0.15) is 0 Å². The molecule has 2 N–H and O–H groups in total. The first-order valence-electron chi connectivity index (χ1n) is 4.98. The van der Waals surface area contributed by atoms with E-state index in [9.17, 15) is 21.6 Å². The molecule has 0 amide bonds. The SMILES string of the molecule is CS(=O)(=O)CS(=O)(=O)NC(CC(=O)O)C1CC1. The first kappa shape index (κ1) is 14.4. The van der Waals surface area contributed by atoms with E-state index in [-0.39, 0.29) is 12.3 Å². The summed E-state index contributed by atoms with van der Waals surface area (Å²) in [6.07, 6.45) is 2.02. The molecule has 100 valence electrons. The van der Waals surface area contributed by atoms with Gasteiger partial charge in [-0.3, -0.25) is 4.79 Å². The molecule has 0 radical (unpaired) electrons. The van der Waals surface area contributed by atoms with Gasteiger partial charge in [0.2, 0.25) is 10.0 Å². The fraction of sp³-hybridized carbons (Fsp3) is 0.875. The zero-order valence-corrected chi connectivity index (χ0v) is 10.9. The van der Waals surface area contributed by atoms with Crippen LogP contribution < -0.4 is 4.72 Å². The molecule has 1 fully saturated rings. The molecular formula is C8H15NO6S2. The van der Waals surface area contributed by atoms with E-state index in [0.29, 0.717) is 0 Å². The van der Waals surface area contributed by atoms with E-state index in [1.165, 1.54) is 0 Å². The predicted octanol–water partition coefficient (Wildman–Crippen LogP) is -0.839. The lowest BCUT2D eigenvalue weighted by atomic mass is 10.1. The van der Waals surface area contributed by atoms with Gasteiger partial charge >= 0.3 is 5.97 Å². The second-order valence-corrected chi connectivity index (χ2v) is 8.58. The van der Waals surface area contributed by atoms with E-state index in [1.807, 2.05) is 0 Å². The monoisotopic (exact) mass is 285 g/mol. The number of nitrogens with one attached hydrogen (secondary N) is 1. The second kappa shape index (κ2) is 4.91. The summed E-state index contributed by atoms with van der Waals surface area (Å²) in [7, 11) is -7.65. The quantitative estimate of drug-likeness (QED) is 0.630. The molecule has 0 bridgehead atoms. The standard InChI is InChI=1S/C8H15NO6S2/c1-16(12,13)5-17(14,15)9-7(4-8(10)11)6-2-3-6/h6-7,9H,2-5H2,1H3,(H,10,11). The third-order valence-electron chi connectivity index (χ3n) is 2.29. The van der Waals surface area contributed by atoms with E-state index in [4.69, 9.17) is 5.11 Å². The van der Waals surface area contributed by atoms with Crippen LogP contribution in [0.2, 0.25) is 0 Å². The van der Waals surface area contributed by atoms with Crippen LogP contribution in [-0.2, 0) is 24.7 Å². The summed E-state index contributed by atoms with van der Waals surface area (Å²) in [5.74, 6) is -1.11. The normalized spacial score (nSPS) is 18.9. The minimum atomic E-state index is -3.99. The maximum absolute atomic E-state index is 11.5. The molecule has 0 aliphatic heterocycles. The van der Waals surface area contributed by atoms with Gasteiger partial charge in [-0.25, -0.2) is 21.6 Å². The van der Waals surface area contributed by atoms with Crippen LogP contribution in [0.15, 0.2) is 0 Å². The van der Waals surface area contributed by atoms with Crippen LogP contribution >= 0.6 is 0 Å². The van der Waals surface area contributed by atoms with Crippen LogP contribution in [0.1, 0.15) is 19.3 Å². The fourth-order valence-electron chi connectivity index (χ4n) is 1.54. The molecule has 1 rings (SSSR count). The van der Waals surface area contributed by atoms with Crippen LogP contribution in [0.5, 0.6) is 0 Å². The lowest BCUT2D eigenvalue weighted by molar-refractivity contribution is -0.137. The largest absolute Gasteiger partial charge is 0.481 e. The molecule has 7 nitrogen and oxygen atoms in total. The molecule has 1 aliphatic rings. The van der Waals surface area contributed by atoms with E-state index >= 15 is 0 Å². The van der Waals surface area contributed by atoms with Crippen molar-refractivity contribution in [2.75, 3.05) is 11.3 Å². The van der Waals surface area contributed by atoms with E-state index < -0.39 is 37.0 Å². The van der Waals surface area contributed by atoms with Gasteiger partial charge in [-0.1, -0.05) is 0 Å². The Morgan fingerprint density at radius 3 is 2.24 bits per heavy atom. The Morgan fingerprint density at radius 2 is 1.88 bits per heavy atom. The zero-order chi connectivity index (χ0) is 13.3. The molecule has 9 heteroatoms. The molecule has 1 unspecified atom stereocenters. The Hall–Kier alpha value is -0.670. The van der Waals surface area contributed by atoms with Crippen LogP contribution in [0.3, 0.4) is 0 Å². The molecule has 0 heterocycles. The molecule has 0 aromatic heterocycles. The number of sulfone groups is 1. The van der Waals surface area contributed by atoms with E-state index in [2.05, 4.69) is 4.72 Å². The Balaban J connectivity index is 2.69. The molecule has 0 saturated heterocycles. The van der Waals surface area contributed by atoms with Gasteiger partial charge in [-0.15, -0.1) is 0 Å². The summed E-state index contributed by atoms with van der Waals surface area (Å²) in [6, 6.07) is -0.709. The van der Waals surface area contributed by atoms with Gasteiger partial charge in [-0.2, -0.15) is 0 Å². The van der Waals surface area contributed by atoms with Crippen LogP contribution in [0.25, 0.3) is 0 Å². The van der Waals surface area contributed by atoms with Gasteiger partial charge in [0, 0.05) is 12.3 Å². The van der Waals surface area contributed by atoms with Crippen LogP contribution in [-0.4, -0.2) is 45.3 Å². The smallest absolute Gasteiger partial charge is 0.304 e. The Bertz CT molecular complexity index is 490. The van der Waals surface area contributed by atoms with Crippen molar-refractivity contribution in [2.24, 2.45) is 5.92 Å². The molecule has 0 spiro atoms. The maximum Gasteiger partial charge on any atom is 0.304 e. The van der Waals surface area contributed by atoms with Crippen LogP contribution in [0, 0.1) is 5.92 Å². The predicted molar refractivity (Wildman–Crippen MR) is 60.5 cm³/mol. The average Bonchev–Trinajstić information content (AvgIpc) is 2.76. The van der Waals surface area contributed by atoms with Gasteiger partial charge in [-0.05, 0) is 18.8 Å². The second-order valence-electron chi connectivity index (χ2n) is 4.32. The first-order chi connectivity index (χ1) is 7.59. The Kier molecular flexibility index (Phi) is 4.15. The molecule has 1 saturated carbocycles. The highest BCUT2D eigenvalue weighted by molar-refractivity contribution is 8.06. The number of carboxylic acid groups (broad SMARTS) is 1. The number of aliphatic carboxylic acids is 1. The molecule has 0 aromatic rings. The lowest BCUT2D eigenvalue weighted by Crippen LogP contribution is -2.40. The van der Waals surface area contributed by atoms with Crippen molar-refractivity contribution in [3.8, 4) is 0 Å². The number of carboxylic acids is 1. The molecule has 0 aromatic carbocycles. The zero-order valence-electron chi connectivity index (χ0n) is 9.29. The number of carbonyl (C=O) groups is 1. The van der Waals surface area contributed by atoms with Crippen molar-refractivity contribution in [1.29, 1.82) is 0 Å². The summed E-state index contributed by atoms with van der Waals surface area (Å²) in [4.78, 5) is 10.6. The van der Waals surface area contributed by atoms with Gasteiger partial charge in [0.25, 0.3) is 0 Å². The maximum atomic E-state index is 11.5. The number of rotatable bonds is 7. The Morgan fingerprint density at radius 1 is 1.35 bits per heavy atom. The van der Waals surface area contributed by atoms with Crippen molar-refractivity contribution in [1.82, 2.24) is 4.72 Å². The average molecular weight is 285 g/mol.